The van der Waals surface area contributed by atoms with Gasteiger partial charge in [-0.2, -0.15) is 0 Å². The number of rotatable bonds is 10. The molecule has 0 radical (unpaired) electrons. The maximum absolute atomic E-state index is 16.4. The number of nitrogens with zero attached hydrogens (tertiary/aromatic N) is 3. The highest BCUT2D eigenvalue weighted by atomic mass is 28.4. The molecule has 0 aliphatic carbocycles. The molecule has 4 aromatic carbocycles. The predicted molar refractivity (Wildman–Crippen MR) is 193 cm³/mol. The number of nitrogens with one attached hydrogen (secondary N) is 1. The van der Waals surface area contributed by atoms with Crippen molar-refractivity contribution in [3.63, 3.8) is 0 Å². The van der Waals surface area contributed by atoms with Crippen molar-refractivity contribution in [1.29, 1.82) is 0 Å². The molecule has 11 heteroatoms. The lowest BCUT2D eigenvalue weighted by Crippen LogP contribution is -2.45. The smallest absolute Gasteiger partial charge is 0.279 e. The number of H-pyrrole nitrogens is 1. The summed E-state index contributed by atoms with van der Waals surface area (Å²) in [4.78, 5) is 45.1. The van der Waals surface area contributed by atoms with Gasteiger partial charge in [0.05, 0.1) is 48.0 Å². The molecule has 3 heterocycles. The second-order valence-corrected chi connectivity index (χ2v) is 17.7. The number of benzene rings is 4. The number of hydrogen-bond donors (Lipinski definition) is 2. The molecule has 9 nitrogen and oxygen atoms in total. The molecule has 4 atom stereocenters. The predicted octanol–water partition coefficient (Wildman–Crippen LogP) is 6.05. The van der Waals surface area contributed by atoms with Gasteiger partial charge in [-0.05, 0) is 54.6 Å². The third-order valence-electron chi connectivity index (χ3n) is 10.3. The van der Waals surface area contributed by atoms with E-state index in [1.807, 2.05) is 104 Å². The van der Waals surface area contributed by atoms with E-state index in [-0.39, 0.29) is 43.5 Å². The summed E-state index contributed by atoms with van der Waals surface area (Å²) in [6, 6.07) is 31.7. The van der Waals surface area contributed by atoms with Crippen molar-refractivity contribution >= 4 is 36.8 Å². The Kier molecular flexibility index (Phi) is 8.83. The molecule has 5 aromatic rings. The molecule has 258 valence electrons. The van der Waals surface area contributed by atoms with Crippen LogP contribution >= 0.6 is 0 Å². The lowest BCUT2D eigenvalue weighted by molar-refractivity contribution is -0.150. The van der Waals surface area contributed by atoms with Gasteiger partial charge in [-0.15, -0.1) is 0 Å². The molecular weight excluding hydrogens is 652 g/mol. The first kappa shape index (κ1) is 33.6. The Morgan fingerprint density at radius 2 is 1.66 bits per heavy atom. The Hall–Kier alpha value is -4.84. The normalized spacial score (nSPS) is 21.7. The summed E-state index contributed by atoms with van der Waals surface area (Å²) in [6.07, 6.45) is -0.948. The Labute approximate surface area is 291 Å². The first-order valence-corrected chi connectivity index (χ1v) is 20.0. The molecule has 0 bridgehead atoms. The number of carbonyl (C=O) groups is 2. The van der Waals surface area contributed by atoms with E-state index in [2.05, 4.69) is 5.10 Å². The number of anilines is 1. The van der Waals surface area contributed by atoms with Crippen molar-refractivity contribution in [3.8, 4) is 5.69 Å². The van der Waals surface area contributed by atoms with Crippen molar-refractivity contribution in [2.75, 3.05) is 18.1 Å². The molecule has 2 aliphatic heterocycles. The number of aromatic nitrogens is 2. The molecule has 50 heavy (non-hydrogen) atoms. The number of aliphatic hydroxyl groups excluding tert-OH is 1. The summed E-state index contributed by atoms with van der Waals surface area (Å²) < 4.78 is 24.7. The monoisotopic (exact) mass is 692 g/mol. The Balaban J connectivity index is 1.20. The van der Waals surface area contributed by atoms with Gasteiger partial charge in [0, 0.05) is 30.1 Å². The van der Waals surface area contributed by atoms with Crippen LogP contribution in [0.1, 0.15) is 30.0 Å². The van der Waals surface area contributed by atoms with Crippen LogP contribution in [0.4, 0.5) is 9.80 Å². The molecule has 7 rings (SSSR count). The molecular formula is C39H41FN4O5Si. The van der Waals surface area contributed by atoms with E-state index in [4.69, 9.17) is 4.74 Å². The molecule has 1 fully saturated rings. The summed E-state index contributed by atoms with van der Waals surface area (Å²) in [5.41, 5.74) is 2.11. The van der Waals surface area contributed by atoms with Crippen LogP contribution in [0.3, 0.4) is 0 Å². The van der Waals surface area contributed by atoms with Gasteiger partial charge in [0.15, 0.2) is 5.60 Å². The number of hydrogen-bond acceptors (Lipinski definition) is 5. The van der Waals surface area contributed by atoms with E-state index in [0.717, 1.165) is 16.6 Å². The van der Waals surface area contributed by atoms with Crippen molar-refractivity contribution in [3.05, 3.63) is 130 Å². The van der Waals surface area contributed by atoms with E-state index < -0.39 is 31.6 Å². The third kappa shape index (κ3) is 5.78. The van der Waals surface area contributed by atoms with Crippen LogP contribution in [0.5, 0.6) is 0 Å². The molecule has 0 unspecified atom stereocenters. The number of amides is 2. The zero-order chi connectivity index (χ0) is 35.2. The molecule has 2 amide bonds. The van der Waals surface area contributed by atoms with Crippen LogP contribution in [0.15, 0.2) is 108 Å². The molecule has 1 spiro atoms. The summed E-state index contributed by atoms with van der Waals surface area (Å²) >= 11 is 0. The van der Waals surface area contributed by atoms with Crippen molar-refractivity contribution < 1.29 is 23.5 Å². The highest BCUT2D eigenvalue weighted by molar-refractivity contribution is 6.72. The lowest BCUT2D eigenvalue weighted by Gasteiger charge is -2.31. The van der Waals surface area contributed by atoms with Gasteiger partial charge in [-0.3, -0.25) is 19.5 Å². The van der Waals surface area contributed by atoms with Crippen molar-refractivity contribution in [1.82, 2.24) is 14.7 Å². The number of aromatic amines is 1. The first-order chi connectivity index (χ1) is 24.0. The fourth-order valence-electron chi connectivity index (χ4n) is 8.09. The van der Waals surface area contributed by atoms with Gasteiger partial charge in [0.1, 0.15) is 0 Å². The summed E-state index contributed by atoms with van der Waals surface area (Å²) in [5, 5.41) is 13.5. The fourth-order valence-corrected chi connectivity index (χ4v) is 10.6. The van der Waals surface area contributed by atoms with Crippen LogP contribution in [-0.4, -0.2) is 59.3 Å². The molecule has 2 aliphatic rings. The number of aliphatic hydroxyl groups is 1. The largest absolute Gasteiger partial charge is 0.395 e. The van der Waals surface area contributed by atoms with Crippen LogP contribution in [0.2, 0.25) is 18.6 Å². The molecule has 1 aromatic heterocycles. The lowest BCUT2D eigenvalue weighted by atomic mass is 9.82. The topological polar surface area (TPSA) is 108 Å². The maximum Gasteiger partial charge on any atom is 0.279 e. The standard InChI is InChI=1S/C39H41FN4O5Si/c1-26-36(50(2,3)40)34(23-35(46)42(20-21-45)24-27-12-5-4-6-13-27)49-39(26)31-17-8-10-19-33(31)43(38(39)48)25-28-14-11-15-29(22-28)44-37(47)30-16-7-9-18-32(30)41-44/h4-19,22,26,34,36,41,45H,20-21,23-25H2,1-3H3/t26-,34+,36-,39+/m1/s1. The van der Waals surface area contributed by atoms with E-state index in [1.54, 1.807) is 29.0 Å². The van der Waals surface area contributed by atoms with Gasteiger partial charge in [0.25, 0.3) is 11.5 Å². The SMILES string of the molecule is C[C@@H]1[C@@H]([Si](C)(C)F)[C@H](CC(=O)N(CCO)Cc2ccccc2)O[C@@]12C(=O)N(Cc1cccc(-n3[nH]c4ccccc4c3=O)c1)c1ccccc12. The molecule has 0 saturated carbocycles. The number of halogens is 1. The van der Waals surface area contributed by atoms with E-state index in [0.29, 0.717) is 28.9 Å². The Bertz CT molecular complexity index is 2110. The molecule has 2 N–H and O–H groups in total. The van der Waals surface area contributed by atoms with Gasteiger partial charge in [-0.25, -0.2) is 4.68 Å². The van der Waals surface area contributed by atoms with E-state index >= 15 is 4.11 Å². The number of fused-ring (bicyclic) bond motifs is 3. The van der Waals surface area contributed by atoms with Crippen molar-refractivity contribution in [2.45, 2.75) is 56.8 Å². The maximum atomic E-state index is 16.4. The van der Waals surface area contributed by atoms with Gasteiger partial charge in [-0.1, -0.05) is 79.7 Å². The second-order valence-electron chi connectivity index (χ2n) is 13.9. The number of ether oxygens (including phenoxy) is 1. The Morgan fingerprint density at radius 3 is 2.40 bits per heavy atom. The van der Waals surface area contributed by atoms with Crippen LogP contribution in [0.25, 0.3) is 16.6 Å². The number of para-hydroxylation sites is 2. The van der Waals surface area contributed by atoms with Crippen LogP contribution in [-0.2, 0) is 33.0 Å². The van der Waals surface area contributed by atoms with Crippen LogP contribution in [0, 0.1) is 5.92 Å². The zero-order valence-corrected chi connectivity index (χ0v) is 29.4. The number of carbonyl (C=O) groups excluding carboxylic acids is 2. The average molecular weight is 693 g/mol. The fraction of sp³-hybridized carbons (Fsp3) is 0.308. The van der Waals surface area contributed by atoms with Gasteiger partial charge >= 0.3 is 0 Å². The van der Waals surface area contributed by atoms with E-state index in [1.165, 1.54) is 4.68 Å². The summed E-state index contributed by atoms with van der Waals surface area (Å²) in [5.74, 6) is -1.11. The van der Waals surface area contributed by atoms with Gasteiger partial charge in [0.2, 0.25) is 14.3 Å². The highest BCUT2D eigenvalue weighted by Crippen LogP contribution is 2.60. The van der Waals surface area contributed by atoms with Crippen molar-refractivity contribution in [2.24, 2.45) is 5.92 Å². The zero-order valence-electron chi connectivity index (χ0n) is 28.4. The Morgan fingerprint density at radius 1 is 0.960 bits per heavy atom. The molecule has 1 saturated heterocycles. The van der Waals surface area contributed by atoms with E-state index in [9.17, 15) is 19.5 Å². The average Bonchev–Trinajstić information content (AvgIpc) is 3.68. The highest BCUT2D eigenvalue weighted by Gasteiger charge is 2.67. The third-order valence-corrected chi connectivity index (χ3v) is 12.7. The second kappa shape index (κ2) is 13.1. The quantitative estimate of drug-likeness (QED) is 0.137. The first-order valence-electron chi connectivity index (χ1n) is 17.0. The minimum absolute atomic E-state index is 0.110. The summed E-state index contributed by atoms with van der Waals surface area (Å²) in [7, 11) is -3.50. The minimum atomic E-state index is -3.50. The summed E-state index contributed by atoms with van der Waals surface area (Å²) in [6.45, 7) is 5.51. The van der Waals surface area contributed by atoms with Crippen LogP contribution < -0.4 is 10.5 Å². The van der Waals surface area contributed by atoms with Gasteiger partial charge < -0.3 is 23.8 Å². The minimum Gasteiger partial charge on any atom is -0.395 e.